The van der Waals surface area contributed by atoms with Gasteiger partial charge in [0, 0.05) is 16.7 Å². The van der Waals surface area contributed by atoms with Crippen LogP contribution in [0.2, 0.25) is 0 Å². The third-order valence-corrected chi connectivity index (χ3v) is 8.29. The van der Waals surface area contributed by atoms with E-state index < -0.39 is 17.1 Å². The van der Waals surface area contributed by atoms with Crippen molar-refractivity contribution in [3.05, 3.63) is 23.8 Å². The number of nitrogens with two attached hydrogens (primary N) is 1. The zero-order valence-corrected chi connectivity index (χ0v) is 15.6. The molecule has 7 atom stereocenters. The molecule has 0 saturated heterocycles. The number of ketones is 2. The molecule has 0 aromatic heterocycles. The second-order valence-corrected chi connectivity index (χ2v) is 9.24. The van der Waals surface area contributed by atoms with Crippen LogP contribution in [0, 0.1) is 28.6 Å². The standard InChI is InChI=1S/C21H29NO4/c1-19-7-5-13(23)9-12(19)3-4-14-15-6-8-21(26,17(25)11-22)20(15,2)10-16(24)18(14)19/h5,7,9,14-16,18,24,26H,3-4,6,8,10-11,22H2,1-2H3/t14-,15-,16-,18+,19+,20-,21-/m1/s1. The molecule has 0 radical (unpaired) electrons. The molecular weight excluding hydrogens is 330 g/mol. The third kappa shape index (κ3) is 2.08. The summed E-state index contributed by atoms with van der Waals surface area (Å²) in [4.78, 5) is 24.3. The fraction of sp³-hybridized carbons (Fsp3) is 0.714. The molecule has 0 heterocycles. The van der Waals surface area contributed by atoms with Crippen molar-refractivity contribution in [3.63, 3.8) is 0 Å². The van der Waals surface area contributed by atoms with E-state index in [1.165, 1.54) is 0 Å². The maximum Gasteiger partial charge on any atom is 0.178 e. The molecule has 0 aliphatic heterocycles. The Hall–Kier alpha value is -1.30. The predicted octanol–water partition coefficient (Wildman–Crippen LogP) is 1.52. The Kier molecular flexibility index (Phi) is 3.89. The first-order valence-corrected chi connectivity index (χ1v) is 9.75. The molecule has 0 bridgehead atoms. The highest BCUT2D eigenvalue weighted by Crippen LogP contribution is 2.66. The van der Waals surface area contributed by atoms with Crippen LogP contribution in [0.1, 0.15) is 46.0 Å². The summed E-state index contributed by atoms with van der Waals surface area (Å²) in [6.07, 6.45) is 8.02. The first kappa shape index (κ1) is 18.1. The highest BCUT2D eigenvalue weighted by molar-refractivity contribution is 6.01. The molecular formula is C21H29NO4. The highest BCUT2D eigenvalue weighted by Gasteiger charge is 2.67. The molecule has 0 unspecified atom stereocenters. The van der Waals surface area contributed by atoms with Gasteiger partial charge in [0.05, 0.1) is 12.6 Å². The maximum atomic E-state index is 12.5. The van der Waals surface area contributed by atoms with E-state index >= 15 is 0 Å². The van der Waals surface area contributed by atoms with Gasteiger partial charge < -0.3 is 15.9 Å². The molecule has 26 heavy (non-hydrogen) atoms. The van der Waals surface area contributed by atoms with Crippen LogP contribution < -0.4 is 5.73 Å². The largest absolute Gasteiger partial charge is 0.393 e. The number of Topliss-reactive ketones (excluding diaryl/α,β-unsaturated/α-hetero) is 1. The zero-order chi connectivity index (χ0) is 18.9. The van der Waals surface area contributed by atoms with Gasteiger partial charge in [-0.1, -0.05) is 25.5 Å². The number of carbonyl (C=O) groups excluding carboxylic acids is 2. The van der Waals surface area contributed by atoms with E-state index in [2.05, 4.69) is 6.92 Å². The molecule has 3 saturated carbocycles. The Labute approximate surface area is 154 Å². The summed E-state index contributed by atoms with van der Waals surface area (Å²) in [5.74, 6) is 0.137. The molecule has 4 rings (SSSR count). The van der Waals surface area contributed by atoms with E-state index in [4.69, 9.17) is 5.73 Å². The molecule has 0 spiro atoms. The van der Waals surface area contributed by atoms with Crippen LogP contribution in [0.25, 0.3) is 0 Å². The quantitative estimate of drug-likeness (QED) is 0.694. The molecule has 4 N–H and O–H groups in total. The van der Waals surface area contributed by atoms with Crippen molar-refractivity contribution in [2.24, 2.45) is 34.3 Å². The lowest BCUT2D eigenvalue weighted by atomic mass is 9.46. The Morgan fingerprint density at radius 3 is 2.77 bits per heavy atom. The Balaban J connectivity index is 1.75. The molecule has 4 aliphatic rings. The summed E-state index contributed by atoms with van der Waals surface area (Å²) in [6, 6.07) is 0. The van der Waals surface area contributed by atoms with Gasteiger partial charge >= 0.3 is 0 Å². The second-order valence-electron chi connectivity index (χ2n) is 9.24. The minimum atomic E-state index is -1.44. The van der Waals surface area contributed by atoms with E-state index in [1.54, 1.807) is 12.2 Å². The molecule has 4 aliphatic carbocycles. The van der Waals surface area contributed by atoms with Gasteiger partial charge in [-0.3, -0.25) is 9.59 Å². The lowest BCUT2D eigenvalue weighted by molar-refractivity contribution is -0.175. The van der Waals surface area contributed by atoms with Gasteiger partial charge in [0.25, 0.3) is 0 Å². The van der Waals surface area contributed by atoms with Crippen molar-refractivity contribution in [2.45, 2.75) is 57.7 Å². The van der Waals surface area contributed by atoms with Crippen LogP contribution in [0.4, 0.5) is 0 Å². The van der Waals surface area contributed by atoms with Crippen molar-refractivity contribution >= 4 is 11.6 Å². The summed E-state index contributed by atoms with van der Waals surface area (Å²) in [7, 11) is 0. The second kappa shape index (κ2) is 5.60. The summed E-state index contributed by atoms with van der Waals surface area (Å²) in [5.41, 5.74) is 4.29. The first-order chi connectivity index (χ1) is 12.2. The van der Waals surface area contributed by atoms with Gasteiger partial charge in [-0.25, -0.2) is 0 Å². The summed E-state index contributed by atoms with van der Waals surface area (Å²) in [6.45, 7) is 3.92. The van der Waals surface area contributed by atoms with Crippen molar-refractivity contribution in [1.29, 1.82) is 0 Å². The van der Waals surface area contributed by atoms with E-state index in [0.29, 0.717) is 12.8 Å². The van der Waals surface area contributed by atoms with Crippen molar-refractivity contribution in [2.75, 3.05) is 6.54 Å². The predicted molar refractivity (Wildman–Crippen MR) is 97.0 cm³/mol. The van der Waals surface area contributed by atoms with Gasteiger partial charge in [-0.05, 0) is 56.1 Å². The van der Waals surface area contributed by atoms with Crippen LogP contribution in [0.15, 0.2) is 23.8 Å². The Morgan fingerprint density at radius 1 is 1.35 bits per heavy atom. The van der Waals surface area contributed by atoms with Gasteiger partial charge in [-0.2, -0.15) is 0 Å². The van der Waals surface area contributed by atoms with Crippen LogP contribution in [0.3, 0.4) is 0 Å². The molecule has 142 valence electrons. The summed E-state index contributed by atoms with van der Waals surface area (Å²) >= 11 is 0. The minimum Gasteiger partial charge on any atom is -0.393 e. The number of aliphatic hydroxyl groups excluding tert-OH is 1. The van der Waals surface area contributed by atoms with E-state index in [-0.39, 0.29) is 41.3 Å². The smallest absolute Gasteiger partial charge is 0.178 e. The number of carbonyl (C=O) groups is 2. The third-order valence-electron chi connectivity index (χ3n) is 8.29. The first-order valence-electron chi connectivity index (χ1n) is 9.75. The topological polar surface area (TPSA) is 101 Å². The molecule has 0 amide bonds. The van der Waals surface area contributed by atoms with Crippen LogP contribution >= 0.6 is 0 Å². The number of aliphatic hydroxyl groups is 2. The lowest BCUT2D eigenvalue weighted by Crippen LogP contribution is -2.62. The molecule has 0 aromatic carbocycles. The fourth-order valence-electron chi connectivity index (χ4n) is 6.96. The normalized spacial score (nSPS) is 49.9. The summed E-state index contributed by atoms with van der Waals surface area (Å²) < 4.78 is 0. The van der Waals surface area contributed by atoms with Gasteiger partial charge in [-0.15, -0.1) is 0 Å². The van der Waals surface area contributed by atoms with Crippen LogP contribution in [-0.2, 0) is 9.59 Å². The minimum absolute atomic E-state index is 0.0141. The lowest BCUT2D eigenvalue weighted by Gasteiger charge is -2.59. The molecule has 0 aromatic rings. The van der Waals surface area contributed by atoms with Crippen LogP contribution in [-0.4, -0.2) is 40.0 Å². The molecule has 3 fully saturated rings. The van der Waals surface area contributed by atoms with Gasteiger partial charge in [0.1, 0.15) is 5.60 Å². The SMILES string of the molecule is C[C@]12C=CC(=O)C=C1CC[C@H]1[C@H]2[C@H](O)C[C@]2(C)[C@@H]1CC[C@@]2(O)C(=O)CN. The molecule has 5 nitrogen and oxygen atoms in total. The number of hydrogen-bond acceptors (Lipinski definition) is 5. The number of allylic oxidation sites excluding steroid dienone is 4. The number of rotatable bonds is 2. The maximum absolute atomic E-state index is 12.5. The average molecular weight is 359 g/mol. The fourth-order valence-corrected chi connectivity index (χ4v) is 6.96. The van der Waals surface area contributed by atoms with E-state index in [0.717, 1.165) is 24.8 Å². The monoisotopic (exact) mass is 359 g/mol. The van der Waals surface area contributed by atoms with Crippen molar-refractivity contribution in [3.8, 4) is 0 Å². The van der Waals surface area contributed by atoms with Gasteiger partial charge in [0.2, 0.25) is 0 Å². The highest BCUT2D eigenvalue weighted by atomic mass is 16.3. The summed E-state index contributed by atoms with van der Waals surface area (Å²) in [5, 5.41) is 22.4. The van der Waals surface area contributed by atoms with Crippen molar-refractivity contribution < 1.29 is 19.8 Å². The van der Waals surface area contributed by atoms with Crippen molar-refractivity contribution in [1.82, 2.24) is 0 Å². The number of fused-ring (bicyclic) bond motifs is 5. The number of hydrogen-bond donors (Lipinski definition) is 3. The Bertz CT molecular complexity index is 728. The average Bonchev–Trinajstić information content (AvgIpc) is 2.86. The van der Waals surface area contributed by atoms with Crippen LogP contribution in [0.5, 0.6) is 0 Å². The molecule has 5 heteroatoms. The van der Waals surface area contributed by atoms with E-state index in [9.17, 15) is 19.8 Å². The zero-order valence-electron chi connectivity index (χ0n) is 15.6. The van der Waals surface area contributed by atoms with Gasteiger partial charge in [0.15, 0.2) is 11.6 Å². The Morgan fingerprint density at radius 2 is 2.08 bits per heavy atom. The van der Waals surface area contributed by atoms with E-state index in [1.807, 2.05) is 13.0 Å².